The molecule has 1 N–H and O–H groups in total. The van der Waals surface area contributed by atoms with Crippen molar-refractivity contribution in [2.24, 2.45) is 0 Å². The third-order valence-electron chi connectivity index (χ3n) is 3.37. The Morgan fingerprint density at radius 1 is 0.958 bits per heavy atom. The molecule has 24 heavy (non-hydrogen) atoms. The largest absolute Gasteiger partial charge is 0.501 e. The molecule has 0 saturated heterocycles. The van der Waals surface area contributed by atoms with Gasteiger partial charge in [0.25, 0.3) is 0 Å². The maximum atomic E-state index is 9.31. The van der Waals surface area contributed by atoms with Crippen LogP contribution in [-0.4, -0.2) is 40.3 Å². The minimum Gasteiger partial charge on any atom is -0.494 e. The van der Waals surface area contributed by atoms with Gasteiger partial charge in [0.05, 0.1) is 12.7 Å². The molecule has 0 unspecified atom stereocenters. The van der Waals surface area contributed by atoms with E-state index in [2.05, 4.69) is 0 Å². The van der Waals surface area contributed by atoms with Gasteiger partial charge in [0.1, 0.15) is 5.75 Å². The van der Waals surface area contributed by atoms with Crippen LogP contribution in [0.5, 0.6) is 5.75 Å². The van der Waals surface area contributed by atoms with Crippen molar-refractivity contribution in [3.05, 3.63) is 35.9 Å². The number of rotatable bonds is 13. The molecular weight excluding hydrogens is 324 g/mol. The molecule has 1 rings (SSSR count). The average Bonchev–Trinajstić information content (AvgIpc) is 2.53. The summed E-state index contributed by atoms with van der Waals surface area (Å²) in [5, 5.41) is 9.31. The van der Waals surface area contributed by atoms with Crippen molar-refractivity contribution in [3.63, 3.8) is 0 Å². The molecule has 6 heteroatoms. The summed E-state index contributed by atoms with van der Waals surface area (Å²) in [4.78, 5) is 0. The zero-order chi connectivity index (χ0) is 17.8. The van der Waals surface area contributed by atoms with E-state index >= 15 is 0 Å². The standard InChI is InChI=1S/C18H31O5Si/c1-5-21-24(22-6-2,23-7-3)14-8-13-20-18-11-9-17(10-12-18)15-16(4)19/h9-12,19H,5-8,13-15H2,1-4H3. The van der Waals surface area contributed by atoms with Gasteiger partial charge >= 0.3 is 8.80 Å². The topological polar surface area (TPSA) is 57.2 Å². The molecule has 0 fully saturated rings. The third kappa shape index (κ3) is 7.77. The number of aliphatic hydroxyl groups is 1. The monoisotopic (exact) mass is 355 g/mol. The molecule has 0 aliphatic rings. The van der Waals surface area contributed by atoms with Crippen molar-refractivity contribution < 1.29 is 23.1 Å². The van der Waals surface area contributed by atoms with Crippen LogP contribution in [0.3, 0.4) is 0 Å². The number of hydrogen-bond acceptors (Lipinski definition) is 5. The van der Waals surface area contributed by atoms with E-state index in [-0.39, 0.29) is 0 Å². The van der Waals surface area contributed by atoms with Crippen molar-refractivity contribution in [2.45, 2.75) is 46.6 Å². The van der Waals surface area contributed by atoms with Crippen LogP contribution in [0.15, 0.2) is 24.3 Å². The number of benzene rings is 1. The van der Waals surface area contributed by atoms with Crippen LogP contribution in [-0.2, 0) is 19.7 Å². The van der Waals surface area contributed by atoms with Gasteiger partial charge in [-0.1, -0.05) is 12.1 Å². The second-order valence-corrected chi connectivity index (χ2v) is 8.22. The van der Waals surface area contributed by atoms with E-state index in [0.29, 0.717) is 39.0 Å². The summed E-state index contributed by atoms with van der Waals surface area (Å²) in [5.74, 6) is 0.825. The molecule has 0 amide bonds. The van der Waals surface area contributed by atoms with E-state index < -0.39 is 8.80 Å². The maximum absolute atomic E-state index is 9.31. The van der Waals surface area contributed by atoms with Gasteiger partial charge in [-0.05, 0) is 51.8 Å². The molecular formula is C18H31O5Si. The zero-order valence-electron chi connectivity index (χ0n) is 15.3. The van der Waals surface area contributed by atoms with Gasteiger partial charge in [-0.3, -0.25) is 0 Å². The normalized spacial score (nSPS) is 11.9. The predicted octanol–water partition coefficient (Wildman–Crippen LogP) is 3.97. The molecule has 0 bridgehead atoms. The van der Waals surface area contributed by atoms with Gasteiger partial charge < -0.3 is 23.1 Å². The summed E-state index contributed by atoms with van der Waals surface area (Å²) < 4.78 is 23.3. The zero-order valence-corrected chi connectivity index (χ0v) is 16.3. The molecule has 0 spiro atoms. The first kappa shape index (κ1) is 21.1. The summed E-state index contributed by atoms with van der Waals surface area (Å²) >= 11 is 0. The van der Waals surface area contributed by atoms with E-state index in [1.807, 2.05) is 45.0 Å². The Labute approximate surface area is 147 Å². The van der Waals surface area contributed by atoms with Crippen molar-refractivity contribution in [1.82, 2.24) is 0 Å². The Morgan fingerprint density at radius 2 is 1.50 bits per heavy atom. The smallest absolute Gasteiger partial charge is 0.494 e. The van der Waals surface area contributed by atoms with Crippen LogP contribution in [0, 0.1) is 6.10 Å². The van der Waals surface area contributed by atoms with Crippen molar-refractivity contribution in [3.8, 4) is 5.75 Å². The lowest BCUT2D eigenvalue weighted by atomic mass is 10.1. The molecule has 1 aromatic carbocycles. The van der Waals surface area contributed by atoms with Crippen LogP contribution >= 0.6 is 0 Å². The summed E-state index contributed by atoms with van der Waals surface area (Å²) in [7, 11) is -2.57. The van der Waals surface area contributed by atoms with Gasteiger partial charge in [0.15, 0.2) is 0 Å². The van der Waals surface area contributed by atoms with Gasteiger partial charge in [0.2, 0.25) is 0 Å². The van der Waals surface area contributed by atoms with Crippen molar-refractivity contribution in [2.75, 3.05) is 26.4 Å². The molecule has 0 aliphatic heterocycles. The highest BCUT2D eigenvalue weighted by atomic mass is 28.4. The van der Waals surface area contributed by atoms with Crippen LogP contribution < -0.4 is 4.74 Å². The van der Waals surface area contributed by atoms with Gasteiger partial charge in [0, 0.05) is 32.3 Å². The summed E-state index contributed by atoms with van der Waals surface area (Å²) in [6, 6.07) is 8.54. The number of ether oxygens (including phenoxy) is 1. The third-order valence-corrected chi connectivity index (χ3v) is 6.52. The van der Waals surface area contributed by atoms with E-state index in [1.54, 1.807) is 6.92 Å². The highest BCUT2D eigenvalue weighted by Gasteiger charge is 2.39. The molecule has 5 nitrogen and oxygen atoms in total. The lowest BCUT2D eigenvalue weighted by molar-refractivity contribution is 0.0696. The van der Waals surface area contributed by atoms with E-state index in [0.717, 1.165) is 23.8 Å². The van der Waals surface area contributed by atoms with E-state index in [9.17, 15) is 5.11 Å². The van der Waals surface area contributed by atoms with Crippen molar-refractivity contribution in [1.29, 1.82) is 0 Å². The SMILES string of the molecule is CCO[Si](CCCOc1ccc(C[C](C)O)cc1)(OCC)OCC. The lowest BCUT2D eigenvalue weighted by Gasteiger charge is -2.28. The number of hydrogen-bond donors (Lipinski definition) is 1. The van der Waals surface area contributed by atoms with Crippen LogP contribution in [0.2, 0.25) is 6.04 Å². The summed E-state index contributed by atoms with van der Waals surface area (Å²) in [6.45, 7) is 9.96. The Balaban J connectivity index is 2.44. The molecule has 0 aromatic heterocycles. The highest BCUT2D eigenvalue weighted by molar-refractivity contribution is 6.60. The van der Waals surface area contributed by atoms with Gasteiger partial charge in [-0.15, -0.1) is 0 Å². The molecule has 1 aromatic rings. The minimum absolute atomic E-state index is 0.410. The maximum Gasteiger partial charge on any atom is 0.501 e. The van der Waals surface area contributed by atoms with Crippen molar-refractivity contribution >= 4 is 8.80 Å². The fourth-order valence-corrected chi connectivity index (χ4v) is 5.06. The van der Waals surface area contributed by atoms with Gasteiger partial charge in [-0.2, -0.15) is 0 Å². The number of aliphatic hydroxyl groups excluding tert-OH is 1. The molecule has 137 valence electrons. The molecule has 0 saturated carbocycles. The summed E-state index contributed by atoms with van der Waals surface area (Å²) in [6.07, 6.45) is 1.80. The van der Waals surface area contributed by atoms with Crippen LogP contribution in [0.25, 0.3) is 0 Å². The first-order valence-electron chi connectivity index (χ1n) is 8.70. The second-order valence-electron chi connectivity index (χ2n) is 5.49. The Morgan fingerprint density at radius 3 is 1.96 bits per heavy atom. The first-order valence-corrected chi connectivity index (χ1v) is 10.6. The lowest BCUT2D eigenvalue weighted by Crippen LogP contribution is -2.46. The first-order chi connectivity index (χ1) is 11.5. The van der Waals surface area contributed by atoms with Gasteiger partial charge in [-0.25, -0.2) is 0 Å². The quantitative estimate of drug-likeness (QED) is 0.428. The molecule has 1 radical (unpaired) electrons. The van der Waals surface area contributed by atoms with E-state index in [4.69, 9.17) is 18.0 Å². The van der Waals surface area contributed by atoms with Crippen LogP contribution in [0.1, 0.15) is 39.7 Å². The second kappa shape index (κ2) is 11.6. The summed E-state index contributed by atoms with van der Waals surface area (Å²) in [5.41, 5.74) is 1.07. The Kier molecular flexibility index (Phi) is 10.2. The van der Waals surface area contributed by atoms with Crippen LogP contribution in [0.4, 0.5) is 0 Å². The average molecular weight is 356 g/mol. The fraction of sp³-hybridized carbons (Fsp3) is 0.611. The molecule has 0 atom stereocenters. The molecule has 0 aliphatic carbocycles. The van der Waals surface area contributed by atoms with E-state index in [1.165, 1.54) is 0 Å². The molecule has 0 heterocycles. The predicted molar refractivity (Wildman–Crippen MR) is 96.5 cm³/mol. The Hall–Kier alpha value is -0.923. The fourth-order valence-electron chi connectivity index (χ4n) is 2.48. The Bertz CT molecular complexity index is 419. The highest BCUT2D eigenvalue weighted by Crippen LogP contribution is 2.19. The minimum atomic E-state index is -2.57.